The van der Waals surface area contributed by atoms with Gasteiger partial charge in [-0.15, -0.1) is 0 Å². The normalized spacial score (nSPS) is 17.3. The molecule has 0 heterocycles. The van der Waals surface area contributed by atoms with Crippen LogP contribution in [0.2, 0.25) is 0 Å². The van der Waals surface area contributed by atoms with Gasteiger partial charge in [-0.25, -0.2) is 0 Å². The molecule has 0 saturated carbocycles. The van der Waals surface area contributed by atoms with Crippen molar-refractivity contribution in [3.8, 4) is 0 Å². The fourth-order valence-electron chi connectivity index (χ4n) is 1.96. The molecule has 0 radical (unpaired) electrons. The van der Waals surface area contributed by atoms with Crippen LogP contribution >= 0.6 is 0 Å². The van der Waals surface area contributed by atoms with E-state index in [1.165, 1.54) is 0 Å². The van der Waals surface area contributed by atoms with Gasteiger partial charge in [0.25, 0.3) is 0 Å². The topological polar surface area (TPSA) is 54.4 Å². The second-order valence-corrected chi connectivity index (χ2v) is 3.99. The number of hydrogen-bond donors (Lipinski definition) is 1. The summed E-state index contributed by atoms with van der Waals surface area (Å²) in [5, 5.41) is 9.07. The number of ketones is 1. The fraction of sp³-hybridized carbons (Fsp3) is 0.667. The van der Waals surface area contributed by atoms with E-state index >= 15 is 0 Å². The molecule has 1 N–H and O–H groups in total. The van der Waals surface area contributed by atoms with Gasteiger partial charge in [0.2, 0.25) is 0 Å². The number of allylic oxidation sites excluding steroid dienone is 1. The Bertz CT molecular complexity index is 279. The minimum atomic E-state index is -0.785. The minimum absolute atomic E-state index is 0.153. The Labute approximate surface area is 90.2 Å². The smallest absolute Gasteiger partial charge is 0.310 e. The number of carbonyl (C=O) groups excluding carboxylic acids is 1. The van der Waals surface area contributed by atoms with E-state index in [1.807, 2.05) is 13.0 Å². The highest BCUT2D eigenvalue weighted by Crippen LogP contribution is 2.28. The number of Topliss-reactive ketones (excluding diaryl/α,β-unsaturated/α-hetero) is 1. The number of carboxylic acid groups (broad SMARTS) is 1. The summed E-state index contributed by atoms with van der Waals surface area (Å²) >= 11 is 0. The van der Waals surface area contributed by atoms with Gasteiger partial charge in [-0.3, -0.25) is 9.59 Å². The van der Waals surface area contributed by atoms with Crippen LogP contribution in [0, 0.1) is 5.92 Å². The van der Waals surface area contributed by atoms with E-state index in [0.717, 1.165) is 24.8 Å². The van der Waals surface area contributed by atoms with Crippen molar-refractivity contribution in [3.05, 3.63) is 11.6 Å². The van der Waals surface area contributed by atoms with Crippen LogP contribution in [-0.2, 0) is 9.59 Å². The maximum atomic E-state index is 11.1. The lowest BCUT2D eigenvalue weighted by atomic mass is 9.92. The van der Waals surface area contributed by atoms with Crippen LogP contribution in [0.3, 0.4) is 0 Å². The largest absolute Gasteiger partial charge is 0.481 e. The van der Waals surface area contributed by atoms with E-state index in [4.69, 9.17) is 5.11 Å². The lowest BCUT2D eigenvalue weighted by Gasteiger charge is -2.12. The van der Waals surface area contributed by atoms with Gasteiger partial charge < -0.3 is 5.11 Å². The average Bonchev–Trinajstić information content (AvgIpc) is 2.70. The summed E-state index contributed by atoms with van der Waals surface area (Å²) in [6.45, 7) is 1.81. The molecule has 0 spiro atoms. The quantitative estimate of drug-likeness (QED) is 0.685. The first-order chi connectivity index (χ1) is 7.15. The maximum absolute atomic E-state index is 11.1. The molecule has 1 rings (SSSR count). The Morgan fingerprint density at radius 3 is 2.73 bits per heavy atom. The number of aliphatic carboxylic acids is 1. The van der Waals surface area contributed by atoms with Crippen molar-refractivity contribution < 1.29 is 14.7 Å². The van der Waals surface area contributed by atoms with Crippen molar-refractivity contribution in [3.63, 3.8) is 0 Å². The summed E-state index contributed by atoms with van der Waals surface area (Å²) in [7, 11) is 0. The van der Waals surface area contributed by atoms with Crippen molar-refractivity contribution in [2.75, 3.05) is 0 Å². The molecule has 0 fully saturated rings. The van der Waals surface area contributed by atoms with Crippen LogP contribution in [0.5, 0.6) is 0 Å². The summed E-state index contributed by atoms with van der Waals surface area (Å²) in [5.74, 6) is -1.06. The molecule has 0 saturated heterocycles. The van der Waals surface area contributed by atoms with E-state index in [1.54, 1.807) is 0 Å². The van der Waals surface area contributed by atoms with Crippen molar-refractivity contribution in [1.82, 2.24) is 0 Å². The zero-order valence-corrected chi connectivity index (χ0v) is 9.16. The summed E-state index contributed by atoms with van der Waals surface area (Å²) in [4.78, 5) is 22.2. The number of rotatable bonds is 6. The molecule has 0 aromatic carbocycles. The van der Waals surface area contributed by atoms with E-state index < -0.39 is 11.9 Å². The third kappa shape index (κ3) is 3.50. The zero-order chi connectivity index (χ0) is 11.3. The van der Waals surface area contributed by atoms with Crippen molar-refractivity contribution in [1.29, 1.82) is 0 Å². The van der Waals surface area contributed by atoms with Crippen molar-refractivity contribution in [2.45, 2.75) is 45.4 Å². The second-order valence-electron chi connectivity index (χ2n) is 3.99. The molecule has 0 aliphatic heterocycles. The van der Waals surface area contributed by atoms with Gasteiger partial charge >= 0.3 is 5.97 Å². The SMILES string of the molecule is CCC(=O)CCC(C(=O)O)C1=CCCC1. The van der Waals surface area contributed by atoms with Gasteiger partial charge in [0.15, 0.2) is 0 Å². The predicted molar refractivity (Wildman–Crippen MR) is 57.6 cm³/mol. The molecule has 0 aromatic rings. The van der Waals surface area contributed by atoms with Crippen LogP contribution in [-0.4, -0.2) is 16.9 Å². The van der Waals surface area contributed by atoms with Gasteiger partial charge in [0, 0.05) is 12.8 Å². The Morgan fingerprint density at radius 1 is 1.53 bits per heavy atom. The van der Waals surface area contributed by atoms with Gasteiger partial charge in [-0.2, -0.15) is 0 Å². The highest BCUT2D eigenvalue weighted by molar-refractivity contribution is 5.79. The predicted octanol–water partition coefficient (Wildman–Crippen LogP) is 2.56. The van der Waals surface area contributed by atoms with Crippen LogP contribution < -0.4 is 0 Å². The Kier molecular flexibility index (Phi) is 4.53. The van der Waals surface area contributed by atoms with Crippen LogP contribution in [0.15, 0.2) is 11.6 Å². The molecule has 1 aliphatic rings. The van der Waals surface area contributed by atoms with Crippen molar-refractivity contribution >= 4 is 11.8 Å². The molecule has 84 valence electrons. The highest BCUT2D eigenvalue weighted by atomic mass is 16.4. The summed E-state index contributed by atoms with van der Waals surface area (Å²) in [6, 6.07) is 0. The molecule has 0 aromatic heterocycles. The summed E-state index contributed by atoms with van der Waals surface area (Å²) in [6.07, 6.45) is 6.32. The van der Waals surface area contributed by atoms with E-state index in [9.17, 15) is 9.59 Å². The average molecular weight is 210 g/mol. The molecule has 15 heavy (non-hydrogen) atoms. The molecule has 1 aliphatic carbocycles. The van der Waals surface area contributed by atoms with Gasteiger partial charge in [0.05, 0.1) is 5.92 Å². The highest BCUT2D eigenvalue weighted by Gasteiger charge is 2.24. The van der Waals surface area contributed by atoms with Crippen molar-refractivity contribution in [2.24, 2.45) is 5.92 Å². The lowest BCUT2D eigenvalue weighted by Crippen LogP contribution is -2.16. The van der Waals surface area contributed by atoms with Gasteiger partial charge in [-0.1, -0.05) is 18.6 Å². The second kappa shape index (κ2) is 5.69. The number of carboxylic acids is 1. The first-order valence-corrected chi connectivity index (χ1v) is 5.58. The third-order valence-electron chi connectivity index (χ3n) is 2.93. The van der Waals surface area contributed by atoms with Crippen LogP contribution in [0.4, 0.5) is 0 Å². The monoisotopic (exact) mass is 210 g/mol. The summed E-state index contributed by atoms with van der Waals surface area (Å²) < 4.78 is 0. The van der Waals surface area contributed by atoms with Gasteiger partial charge in [-0.05, 0) is 25.7 Å². The Balaban J connectivity index is 2.51. The third-order valence-corrected chi connectivity index (χ3v) is 2.93. The van der Waals surface area contributed by atoms with Crippen LogP contribution in [0.1, 0.15) is 45.4 Å². The minimum Gasteiger partial charge on any atom is -0.481 e. The molecule has 1 atom stereocenters. The number of hydrogen-bond acceptors (Lipinski definition) is 2. The molecule has 0 bridgehead atoms. The van der Waals surface area contributed by atoms with Gasteiger partial charge in [0.1, 0.15) is 5.78 Å². The molecule has 1 unspecified atom stereocenters. The Hall–Kier alpha value is -1.12. The molecule has 3 nitrogen and oxygen atoms in total. The standard InChI is InChI=1S/C12H18O3/c1-2-10(13)7-8-11(12(14)15)9-5-3-4-6-9/h5,11H,2-4,6-8H2,1H3,(H,14,15). The molecular formula is C12H18O3. The molecule has 0 amide bonds. The molecular weight excluding hydrogens is 192 g/mol. The fourth-order valence-corrected chi connectivity index (χ4v) is 1.96. The maximum Gasteiger partial charge on any atom is 0.310 e. The van der Waals surface area contributed by atoms with E-state index in [0.29, 0.717) is 19.3 Å². The first-order valence-electron chi connectivity index (χ1n) is 5.58. The van der Waals surface area contributed by atoms with E-state index in [2.05, 4.69) is 0 Å². The zero-order valence-electron chi connectivity index (χ0n) is 9.16. The van der Waals surface area contributed by atoms with E-state index in [-0.39, 0.29) is 5.78 Å². The number of carbonyl (C=O) groups is 2. The lowest BCUT2D eigenvalue weighted by molar-refractivity contribution is -0.140. The van der Waals surface area contributed by atoms with Crippen LogP contribution in [0.25, 0.3) is 0 Å². The summed E-state index contributed by atoms with van der Waals surface area (Å²) in [5.41, 5.74) is 1.02. The molecule has 3 heteroatoms. The Morgan fingerprint density at radius 2 is 2.27 bits per heavy atom. The first kappa shape index (κ1) is 12.0.